The Balaban J connectivity index is 1.86. The topological polar surface area (TPSA) is 63.7 Å². The Morgan fingerprint density at radius 3 is 2.93 bits per heavy atom. The van der Waals surface area contributed by atoms with Crippen molar-refractivity contribution in [2.45, 2.75) is 6.42 Å². The number of halogens is 1. The van der Waals surface area contributed by atoms with Gasteiger partial charge >= 0.3 is 0 Å². The maximum atomic E-state index is 13.1. The Bertz CT molecular complexity index is 418. The molecule has 0 fully saturated rings. The van der Waals surface area contributed by atoms with Gasteiger partial charge in [0.15, 0.2) is 17.4 Å². The number of nitrogens with zero attached hydrogens (tertiary/aromatic N) is 3. The summed E-state index contributed by atoms with van der Waals surface area (Å²) in [5.74, 6) is 0.415. The van der Waals surface area contributed by atoms with Gasteiger partial charge in [-0.1, -0.05) is 17.3 Å². The van der Waals surface area contributed by atoms with Crippen LogP contribution in [-0.4, -0.2) is 27.2 Å². The molecule has 0 unspecified atom stereocenters. The minimum Gasteiger partial charge on any atom is -0.490 e. The molecule has 1 heterocycles. The number of hydrogen-bond acceptors (Lipinski definition) is 4. The number of benzene rings is 1. The minimum absolute atomic E-state index is 0.237. The zero-order valence-corrected chi connectivity index (χ0v) is 7.85. The van der Waals surface area contributed by atoms with Crippen LogP contribution in [0.2, 0.25) is 0 Å². The fourth-order valence-corrected chi connectivity index (χ4v) is 1.10. The Labute approximate surface area is 85.3 Å². The minimum atomic E-state index is -0.370. The summed E-state index contributed by atoms with van der Waals surface area (Å²) < 4.78 is 18.3. The Hall–Kier alpha value is -1.98. The first kappa shape index (κ1) is 9.57. The second-order valence-corrected chi connectivity index (χ2v) is 2.86. The molecule has 0 saturated carbocycles. The van der Waals surface area contributed by atoms with Crippen LogP contribution in [0.25, 0.3) is 0 Å². The lowest BCUT2D eigenvalue weighted by Crippen LogP contribution is -2.03. The predicted molar refractivity (Wildman–Crippen MR) is 49.8 cm³/mol. The molecule has 2 aromatic rings. The molecule has 6 heteroatoms. The van der Waals surface area contributed by atoms with Crippen molar-refractivity contribution >= 4 is 0 Å². The number of tetrazole rings is 1. The van der Waals surface area contributed by atoms with Gasteiger partial charge in [0.25, 0.3) is 0 Å². The number of aromatic nitrogens is 4. The van der Waals surface area contributed by atoms with Crippen LogP contribution < -0.4 is 4.74 Å². The van der Waals surface area contributed by atoms with E-state index in [2.05, 4.69) is 20.6 Å². The van der Waals surface area contributed by atoms with Crippen molar-refractivity contribution in [3.63, 3.8) is 0 Å². The predicted octanol–water partition coefficient (Wildman–Crippen LogP) is 0.960. The molecule has 1 aromatic carbocycles. The lowest BCUT2D eigenvalue weighted by Gasteiger charge is -2.04. The highest BCUT2D eigenvalue weighted by Crippen LogP contribution is 2.15. The summed E-state index contributed by atoms with van der Waals surface area (Å²) in [5.41, 5.74) is 0. The van der Waals surface area contributed by atoms with E-state index in [1.807, 2.05) is 0 Å². The Morgan fingerprint density at radius 2 is 2.20 bits per heavy atom. The third-order valence-corrected chi connectivity index (χ3v) is 1.81. The molecule has 2 rings (SSSR count). The summed E-state index contributed by atoms with van der Waals surface area (Å²) in [4.78, 5) is 0. The molecular weight excluding hydrogens is 199 g/mol. The molecule has 15 heavy (non-hydrogen) atoms. The van der Waals surface area contributed by atoms with Crippen LogP contribution in [0.3, 0.4) is 0 Å². The van der Waals surface area contributed by atoms with Crippen LogP contribution in [0.15, 0.2) is 24.3 Å². The molecule has 1 N–H and O–H groups in total. The SMILES string of the molecule is Fc1ccccc1OCCc1nn[nH]n1. The van der Waals surface area contributed by atoms with Crippen molar-refractivity contribution in [3.8, 4) is 5.75 Å². The zero-order chi connectivity index (χ0) is 10.5. The van der Waals surface area contributed by atoms with Crippen molar-refractivity contribution in [2.75, 3.05) is 6.61 Å². The van der Waals surface area contributed by atoms with E-state index in [4.69, 9.17) is 4.74 Å². The maximum Gasteiger partial charge on any atom is 0.177 e. The molecule has 5 nitrogen and oxygen atoms in total. The van der Waals surface area contributed by atoms with E-state index in [0.717, 1.165) is 0 Å². The molecule has 0 bridgehead atoms. The summed E-state index contributed by atoms with van der Waals surface area (Å²) in [6.07, 6.45) is 0.491. The van der Waals surface area contributed by atoms with Crippen LogP contribution in [0, 0.1) is 5.82 Å². The molecule has 0 aliphatic heterocycles. The van der Waals surface area contributed by atoms with Gasteiger partial charge in [-0.3, -0.25) is 0 Å². The summed E-state index contributed by atoms with van der Waals surface area (Å²) in [6.45, 7) is 0.320. The first-order valence-corrected chi connectivity index (χ1v) is 4.46. The van der Waals surface area contributed by atoms with Crippen molar-refractivity contribution in [1.82, 2.24) is 20.6 Å². The van der Waals surface area contributed by atoms with Gasteiger partial charge in [-0.25, -0.2) is 4.39 Å². The Morgan fingerprint density at radius 1 is 1.33 bits per heavy atom. The fourth-order valence-electron chi connectivity index (χ4n) is 1.10. The third-order valence-electron chi connectivity index (χ3n) is 1.81. The molecule has 0 aliphatic carbocycles. The van der Waals surface area contributed by atoms with Crippen LogP contribution in [0.4, 0.5) is 4.39 Å². The average molecular weight is 208 g/mol. The van der Waals surface area contributed by atoms with E-state index in [1.165, 1.54) is 6.07 Å². The standard InChI is InChI=1S/C9H9FN4O/c10-7-3-1-2-4-8(7)15-6-5-9-11-13-14-12-9/h1-4H,5-6H2,(H,11,12,13,14). The van der Waals surface area contributed by atoms with E-state index in [-0.39, 0.29) is 11.6 Å². The van der Waals surface area contributed by atoms with Gasteiger partial charge in [-0.15, -0.1) is 10.2 Å². The van der Waals surface area contributed by atoms with E-state index >= 15 is 0 Å². The molecule has 0 atom stereocenters. The normalized spacial score (nSPS) is 10.2. The quantitative estimate of drug-likeness (QED) is 0.812. The van der Waals surface area contributed by atoms with Crippen molar-refractivity contribution < 1.29 is 9.13 Å². The van der Waals surface area contributed by atoms with Crippen LogP contribution >= 0.6 is 0 Å². The number of ether oxygens (including phenoxy) is 1. The van der Waals surface area contributed by atoms with Crippen molar-refractivity contribution in [3.05, 3.63) is 35.9 Å². The van der Waals surface area contributed by atoms with Crippen LogP contribution in [0.1, 0.15) is 5.82 Å². The van der Waals surface area contributed by atoms with Gasteiger partial charge in [0, 0.05) is 6.42 Å². The maximum absolute atomic E-state index is 13.1. The number of para-hydroxylation sites is 1. The van der Waals surface area contributed by atoms with Gasteiger partial charge in [0.2, 0.25) is 0 Å². The van der Waals surface area contributed by atoms with Crippen molar-refractivity contribution in [2.24, 2.45) is 0 Å². The first-order chi connectivity index (χ1) is 7.36. The third kappa shape index (κ3) is 2.49. The Kier molecular flexibility index (Phi) is 2.87. The van der Waals surface area contributed by atoms with Gasteiger partial charge in [0.1, 0.15) is 0 Å². The molecule has 0 aliphatic rings. The van der Waals surface area contributed by atoms with Gasteiger partial charge in [-0.2, -0.15) is 5.21 Å². The van der Waals surface area contributed by atoms with E-state index in [0.29, 0.717) is 18.9 Å². The largest absolute Gasteiger partial charge is 0.490 e. The number of rotatable bonds is 4. The molecule has 0 radical (unpaired) electrons. The van der Waals surface area contributed by atoms with E-state index in [1.54, 1.807) is 18.2 Å². The highest BCUT2D eigenvalue weighted by atomic mass is 19.1. The van der Waals surface area contributed by atoms with E-state index in [9.17, 15) is 4.39 Å². The second kappa shape index (κ2) is 4.50. The number of aromatic amines is 1. The molecule has 1 aromatic heterocycles. The molecule has 0 amide bonds. The second-order valence-electron chi connectivity index (χ2n) is 2.86. The summed E-state index contributed by atoms with van der Waals surface area (Å²) in [6, 6.07) is 6.25. The lowest BCUT2D eigenvalue weighted by molar-refractivity contribution is 0.302. The van der Waals surface area contributed by atoms with Gasteiger partial charge in [-0.05, 0) is 12.1 Å². The molecule has 0 saturated heterocycles. The van der Waals surface area contributed by atoms with Crippen LogP contribution in [-0.2, 0) is 6.42 Å². The van der Waals surface area contributed by atoms with Crippen molar-refractivity contribution in [1.29, 1.82) is 0 Å². The molecule has 78 valence electrons. The summed E-state index contributed by atoms with van der Waals surface area (Å²) >= 11 is 0. The highest BCUT2D eigenvalue weighted by molar-refractivity contribution is 5.23. The molecular formula is C9H9FN4O. The number of H-pyrrole nitrogens is 1. The smallest absolute Gasteiger partial charge is 0.177 e. The highest BCUT2D eigenvalue weighted by Gasteiger charge is 2.02. The summed E-state index contributed by atoms with van der Waals surface area (Å²) in [7, 11) is 0. The molecule has 0 spiro atoms. The monoisotopic (exact) mass is 208 g/mol. The summed E-state index contributed by atoms with van der Waals surface area (Å²) in [5, 5.41) is 13.2. The fraction of sp³-hybridized carbons (Fsp3) is 0.222. The first-order valence-electron chi connectivity index (χ1n) is 4.46. The average Bonchev–Trinajstić information content (AvgIpc) is 2.74. The number of nitrogens with one attached hydrogen (secondary N) is 1. The van der Waals surface area contributed by atoms with E-state index < -0.39 is 0 Å². The zero-order valence-electron chi connectivity index (χ0n) is 7.85. The number of hydrogen-bond donors (Lipinski definition) is 1. The van der Waals surface area contributed by atoms with Gasteiger partial charge in [0.05, 0.1) is 6.61 Å². The lowest BCUT2D eigenvalue weighted by atomic mass is 10.3. The van der Waals surface area contributed by atoms with Gasteiger partial charge < -0.3 is 4.74 Å². The van der Waals surface area contributed by atoms with Crippen LogP contribution in [0.5, 0.6) is 5.75 Å².